The van der Waals surface area contributed by atoms with Gasteiger partial charge in [0, 0.05) is 38.1 Å². The molecule has 42 heavy (non-hydrogen) atoms. The van der Waals surface area contributed by atoms with E-state index in [4.69, 9.17) is 10.1 Å². The number of ketones is 1. The molecule has 0 aliphatic carbocycles. The smallest absolute Gasteiger partial charge is 0.155 e. The first-order valence-electron chi connectivity index (χ1n) is 13.6. The van der Waals surface area contributed by atoms with Crippen molar-refractivity contribution in [1.82, 2.24) is 4.98 Å². The summed E-state index contributed by atoms with van der Waals surface area (Å²) in [5, 5.41) is 23.7. The van der Waals surface area contributed by atoms with E-state index in [-0.39, 0.29) is 31.6 Å². The van der Waals surface area contributed by atoms with Crippen molar-refractivity contribution in [2.24, 2.45) is 0 Å². The molecule has 6 heteroatoms. The second kappa shape index (κ2) is 13.4. The van der Waals surface area contributed by atoms with Gasteiger partial charge >= 0.3 is 0 Å². The molecule has 0 atom stereocenters. The summed E-state index contributed by atoms with van der Waals surface area (Å²) in [7, 11) is -1.34. The first-order chi connectivity index (χ1) is 19.4. The van der Waals surface area contributed by atoms with Gasteiger partial charge in [-0.25, -0.2) is 0 Å². The predicted octanol–water partition coefficient (Wildman–Crippen LogP) is 8.59. The maximum absolute atomic E-state index is 10.0. The van der Waals surface area contributed by atoms with Crippen LogP contribution in [-0.4, -0.2) is 23.9 Å². The van der Waals surface area contributed by atoms with Crippen LogP contribution in [0.3, 0.4) is 0 Å². The molecule has 5 aromatic rings. The third-order valence-electron chi connectivity index (χ3n) is 7.13. The molecule has 1 aromatic heterocycles. The normalized spacial score (nSPS) is 11.3. The van der Waals surface area contributed by atoms with Crippen LogP contribution in [-0.2, 0) is 24.9 Å². The molecule has 215 valence electrons. The Morgan fingerprint density at radius 3 is 2.19 bits per heavy atom. The minimum Gasteiger partial charge on any atom is -0.512 e. The Bertz CT molecular complexity index is 1840. The molecular weight excluding hydrogens is 713 g/mol. The van der Waals surface area contributed by atoms with E-state index >= 15 is 0 Å². The van der Waals surface area contributed by atoms with Crippen molar-refractivity contribution in [2.45, 2.75) is 47.3 Å². The van der Waals surface area contributed by atoms with Crippen molar-refractivity contribution < 1.29 is 30.0 Å². The van der Waals surface area contributed by atoms with Gasteiger partial charge in [-0.2, -0.15) is 5.26 Å². The molecular formula is C36H35IrN2O2Si-. The minimum absolute atomic E-state index is 0. The zero-order valence-electron chi connectivity index (χ0n) is 25.1. The van der Waals surface area contributed by atoms with Gasteiger partial charge in [0.25, 0.3) is 0 Å². The Kier molecular flexibility index (Phi) is 10.4. The number of rotatable bonds is 4. The van der Waals surface area contributed by atoms with E-state index in [2.05, 4.69) is 82.0 Å². The Morgan fingerprint density at radius 1 is 0.952 bits per heavy atom. The summed E-state index contributed by atoms with van der Waals surface area (Å²) in [5.41, 5.74) is 7.38. The maximum atomic E-state index is 10.0. The van der Waals surface area contributed by atoms with E-state index in [0.29, 0.717) is 5.56 Å². The molecule has 1 heterocycles. The number of carbonyl (C=O) groups excluding carboxylic acids is 1. The molecule has 4 nitrogen and oxygen atoms in total. The summed E-state index contributed by atoms with van der Waals surface area (Å²) < 4.78 is 0. The molecule has 1 radical (unpaired) electrons. The van der Waals surface area contributed by atoms with Crippen molar-refractivity contribution in [3.63, 3.8) is 0 Å². The molecule has 0 saturated heterocycles. The SMILES string of the molecule is CC(=O)/C=C(/C)O.Cc1cc2c(-c3[c-]c4ccccc4c(C#N)c3)nccc2c(C)c1-c1ccc([Si](C)(C)C)cc1.[Ir]. The summed E-state index contributed by atoms with van der Waals surface area (Å²) in [4.78, 5) is 14.8. The number of nitrogens with zero attached hydrogens (tertiary/aromatic N) is 2. The van der Waals surface area contributed by atoms with Crippen LogP contribution in [0.2, 0.25) is 19.6 Å². The van der Waals surface area contributed by atoms with Crippen LogP contribution in [0.1, 0.15) is 30.5 Å². The summed E-state index contributed by atoms with van der Waals surface area (Å²) in [6.07, 6.45) is 3.03. The fourth-order valence-electron chi connectivity index (χ4n) is 5.21. The van der Waals surface area contributed by atoms with Crippen LogP contribution in [0.5, 0.6) is 0 Å². The zero-order chi connectivity index (χ0) is 29.9. The molecule has 0 aliphatic rings. The minimum atomic E-state index is -1.34. The number of aliphatic hydroxyl groups is 1. The number of hydrogen-bond acceptors (Lipinski definition) is 4. The van der Waals surface area contributed by atoms with Gasteiger partial charge in [0.15, 0.2) is 5.78 Å². The number of allylic oxidation sites excluding steroid dienone is 2. The Balaban J connectivity index is 0.000000541. The van der Waals surface area contributed by atoms with Crippen molar-refractivity contribution in [3.8, 4) is 28.5 Å². The predicted molar refractivity (Wildman–Crippen MR) is 173 cm³/mol. The van der Waals surface area contributed by atoms with E-state index in [9.17, 15) is 10.1 Å². The van der Waals surface area contributed by atoms with Crippen molar-refractivity contribution in [1.29, 1.82) is 5.26 Å². The number of fused-ring (bicyclic) bond motifs is 2. The van der Waals surface area contributed by atoms with E-state index in [1.54, 1.807) is 0 Å². The van der Waals surface area contributed by atoms with Crippen LogP contribution in [0.4, 0.5) is 0 Å². The first-order valence-corrected chi connectivity index (χ1v) is 17.1. The fraction of sp³-hybridized carbons (Fsp3) is 0.194. The van der Waals surface area contributed by atoms with Gasteiger partial charge in [0.2, 0.25) is 0 Å². The third-order valence-corrected chi connectivity index (χ3v) is 9.19. The molecule has 5 rings (SSSR count). The fourth-order valence-corrected chi connectivity index (χ4v) is 6.37. The van der Waals surface area contributed by atoms with Gasteiger partial charge in [-0.15, -0.1) is 23.6 Å². The number of hydrogen-bond donors (Lipinski definition) is 1. The molecule has 0 bridgehead atoms. The summed E-state index contributed by atoms with van der Waals surface area (Å²) in [6.45, 7) is 14.4. The van der Waals surface area contributed by atoms with E-state index in [1.165, 1.54) is 52.8 Å². The van der Waals surface area contributed by atoms with E-state index in [0.717, 1.165) is 27.4 Å². The molecule has 4 aromatic carbocycles. The molecule has 0 spiro atoms. The number of nitriles is 1. The molecule has 0 amide bonds. The van der Waals surface area contributed by atoms with Crippen LogP contribution in [0.15, 0.2) is 84.8 Å². The average molecular weight is 748 g/mol. The largest absolute Gasteiger partial charge is 0.512 e. The maximum Gasteiger partial charge on any atom is 0.155 e. The first kappa shape index (κ1) is 32.6. The zero-order valence-corrected chi connectivity index (χ0v) is 28.5. The number of aliphatic hydroxyl groups excluding tert-OH is 1. The van der Waals surface area contributed by atoms with Crippen molar-refractivity contribution in [2.75, 3.05) is 0 Å². The number of carbonyl (C=O) groups is 1. The summed E-state index contributed by atoms with van der Waals surface area (Å²) >= 11 is 0. The Morgan fingerprint density at radius 2 is 1.62 bits per heavy atom. The van der Waals surface area contributed by atoms with Gasteiger partial charge < -0.3 is 5.11 Å². The van der Waals surface area contributed by atoms with Gasteiger partial charge in [-0.1, -0.05) is 84.3 Å². The summed E-state index contributed by atoms with van der Waals surface area (Å²) in [5.74, 6) is -0.0625. The quantitative estimate of drug-likeness (QED) is 0.0866. The van der Waals surface area contributed by atoms with Crippen LogP contribution in [0, 0.1) is 31.2 Å². The Labute approximate surface area is 263 Å². The van der Waals surface area contributed by atoms with Crippen molar-refractivity contribution in [3.05, 3.63) is 108 Å². The molecule has 0 fully saturated rings. The van der Waals surface area contributed by atoms with Crippen molar-refractivity contribution >= 4 is 40.6 Å². The molecule has 0 aliphatic heterocycles. The van der Waals surface area contributed by atoms with E-state index < -0.39 is 8.07 Å². The monoisotopic (exact) mass is 748 g/mol. The summed E-state index contributed by atoms with van der Waals surface area (Å²) in [6, 6.07) is 29.2. The van der Waals surface area contributed by atoms with Gasteiger partial charge in [0.05, 0.1) is 19.9 Å². The van der Waals surface area contributed by atoms with Gasteiger partial charge in [-0.05, 0) is 72.4 Å². The van der Waals surface area contributed by atoms with Crippen LogP contribution < -0.4 is 5.19 Å². The van der Waals surface area contributed by atoms with Crippen LogP contribution in [0.25, 0.3) is 43.9 Å². The van der Waals surface area contributed by atoms with E-state index in [1.807, 2.05) is 36.5 Å². The second-order valence-corrected chi connectivity index (χ2v) is 16.5. The number of aromatic nitrogens is 1. The standard InChI is InChI=1S/C31H27N2Si.C5H8O2.Ir/c1-20-16-29-27(21(2)30(20)22-10-12-26(13-11-22)34(3,4)5)14-15-33-31(29)24-17-23-8-6-7-9-28(23)25(18-24)19-32;1-4(6)3-5(2)7;/h6-16,18H,1-5H3;3,6H,1-2H3;/q-1;;/b;4-3-;. The Hall–Kier alpha value is -3.88. The molecule has 0 saturated carbocycles. The van der Waals surface area contributed by atoms with Crippen LogP contribution >= 0.6 is 0 Å². The third kappa shape index (κ3) is 7.12. The number of pyridine rings is 1. The average Bonchev–Trinajstić information content (AvgIpc) is 2.91. The number of benzene rings is 4. The van der Waals surface area contributed by atoms with Gasteiger partial charge in [-0.3, -0.25) is 9.78 Å². The second-order valence-electron chi connectivity index (χ2n) is 11.4. The van der Waals surface area contributed by atoms with Gasteiger partial charge in [0.1, 0.15) is 0 Å². The topological polar surface area (TPSA) is 74.0 Å². The molecule has 1 N–H and O–H groups in total. The number of aryl methyl sites for hydroxylation is 2. The molecule has 0 unspecified atom stereocenters.